The molecule has 0 fully saturated rings. The van der Waals surface area contributed by atoms with E-state index in [2.05, 4.69) is 31.4 Å². The molecule has 2 aromatic rings. The lowest BCUT2D eigenvalue weighted by Gasteiger charge is -2.08. The van der Waals surface area contributed by atoms with Crippen LogP contribution in [-0.4, -0.2) is 16.3 Å². The summed E-state index contributed by atoms with van der Waals surface area (Å²) in [4.78, 5) is 3.56. The van der Waals surface area contributed by atoms with Gasteiger partial charge in [0.2, 0.25) is 0 Å². The van der Waals surface area contributed by atoms with Gasteiger partial charge >= 0.3 is 6.18 Å². The fraction of sp³-hybridized carbons (Fsp3) is 0.0769. The van der Waals surface area contributed by atoms with Crippen molar-refractivity contribution in [1.29, 1.82) is 0 Å². The van der Waals surface area contributed by atoms with Crippen molar-refractivity contribution in [1.82, 2.24) is 4.98 Å². The molecule has 10 heteroatoms. The minimum atomic E-state index is -4.53. The molecule has 23 heavy (non-hydrogen) atoms. The van der Waals surface area contributed by atoms with Gasteiger partial charge in [-0.3, -0.25) is 5.43 Å². The number of aromatic nitrogens is 1. The van der Waals surface area contributed by atoms with E-state index in [1.54, 1.807) is 0 Å². The lowest BCUT2D eigenvalue weighted by atomic mass is 10.2. The molecule has 0 amide bonds. The van der Waals surface area contributed by atoms with Crippen molar-refractivity contribution in [2.24, 2.45) is 5.10 Å². The third-order valence-electron chi connectivity index (χ3n) is 2.60. The number of benzene rings is 1. The number of hydrogen-bond acceptors (Lipinski definition) is 4. The number of anilines is 1. The third-order valence-corrected chi connectivity index (χ3v) is 3.71. The first-order valence-corrected chi connectivity index (χ1v) is 7.43. The molecule has 1 aromatic carbocycles. The molecule has 0 saturated heterocycles. The van der Waals surface area contributed by atoms with Gasteiger partial charge in [-0.15, -0.1) is 0 Å². The van der Waals surface area contributed by atoms with Crippen molar-refractivity contribution >= 4 is 51.2 Å². The zero-order chi connectivity index (χ0) is 17.2. The average molecular weight is 429 g/mol. The Morgan fingerprint density at radius 2 is 1.96 bits per heavy atom. The summed E-state index contributed by atoms with van der Waals surface area (Å²) in [5.74, 6) is -0.150. The predicted molar refractivity (Wildman–Crippen MR) is 86.3 cm³/mol. The van der Waals surface area contributed by atoms with E-state index >= 15 is 0 Å². The third kappa shape index (κ3) is 4.49. The second-order valence-electron chi connectivity index (χ2n) is 4.25. The zero-order valence-corrected chi connectivity index (χ0v) is 14.1. The summed E-state index contributed by atoms with van der Waals surface area (Å²) in [5.41, 5.74) is 1.72. The van der Waals surface area contributed by atoms with E-state index in [-0.39, 0.29) is 16.6 Å². The second-order valence-corrected chi connectivity index (χ2v) is 5.95. The largest absolute Gasteiger partial charge is 0.506 e. The van der Waals surface area contributed by atoms with Gasteiger partial charge in [0.15, 0.2) is 5.82 Å². The van der Waals surface area contributed by atoms with Crippen molar-refractivity contribution in [2.75, 3.05) is 5.43 Å². The molecule has 0 radical (unpaired) electrons. The molecule has 122 valence electrons. The van der Waals surface area contributed by atoms with Gasteiger partial charge in [0.25, 0.3) is 0 Å². The van der Waals surface area contributed by atoms with Crippen LogP contribution in [0.3, 0.4) is 0 Å². The highest BCUT2D eigenvalue weighted by Crippen LogP contribution is 2.33. The SMILES string of the molecule is Oc1c(Br)cc(Cl)cc1/C=N/Nc1ncc(C(F)(F)F)cc1Cl. The van der Waals surface area contributed by atoms with Gasteiger partial charge in [-0.2, -0.15) is 18.3 Å². The smallest absolute Gasteiger partial charge is 0.417 e. The summed E-state index contributed by atoms with van der Waals surface area (Å²) >= 11 is 14.7. The summed E-state index contributed by atoms with van der Waals surface area (Å²) < 4.78 is 37.9. The van der Waals surface area contributed by atoms with Gasteiger partial charge < -0.3 is 5.11 Å². The number of alkyl halides is 3. The molecule has 4 nitrogen and oxygen atoms in total. The van der Waals surface area contributed by atoms with Crippen LogP contribution in [-0.2, 0) is 6.18 Å². The van der Waals surface area contributed by atoms with Gasteiger partial charge in [-0.05, 0) is 34.1 Å². The van der Waals surface area contributed by atoms with E-state index in [0.29, 0.717) is 21.3 Å². The van der Waals surface area contributed by atoms with Crippen molar-refractivity contribution < 1.29 is 18.3 Å². The van der Waals surface area contributed by atoms with Gasteiger partial charge in [0.1, 0.15) is 5.75 Å². The molecule has 0 aliphatic heterocycles. The number of nitrogens with zero attached hydrogens (tertiary/aromatic N) is 2. The zero-order valence-electron chi connectivity index (χ0n) is 11.0. The standard InChI is InChI=1S/C13H7BrCl2F3N3O/c14-9-3-8(15)1-6(11(9)23)4-21-22-12-10(16)2-7(5-20-12)13(17,18)19/h1-5,23H,(H,20,22)/b21-4+. The average Bonchev–Trinajstić information content (AvgIpc) is 2.44. The van der Waals surface area contributed by atoms with Crippen LogP contribution in [0.2, 0.25) is 10.0 Å². The molecule has 0 aliphatic carbocycles. The Labute approximate surface area is 147 Å². The molecule has 0 bridgehead atoms. The van der Waals surface area contributed by atoms with Crippen LogP contribution in [0.4, 0.5) is 19.0 Å². The highest BCUT2D eigenvalue weighted by atomic mass is 79.9. The Bertz CT molecular complexity index is 769. The van der Waals surface area contributed by atoms with E-state index < -0.39 is 11.7 Å². The molecule has 0 atom stereocenters. The number of hydrogen-bond donors (Lipinski definition) is 2. The van der Waals surface area contributed by atoms with Crippen molar-refractivity contribution in [2.45, 2.75) is 6.18 Å². The first-order chi connectivity index (χ1) is 10.7. The monoisotopic (exact) mass is 427 g/mol. The van der Waals surface area contributed by atoms with Crippen LogP contribution < -0.4 is 5.43 Å². The molecule has 0 aliphatic rings. The first-order valence-electron chi connectivity index (χ1n) is 5.88. The number of pyridine rings is 1. The highest BCUT2D eigenvalue weighted by molar-refractivity contribution is 9.10. The van der Waals surface area contributed by atoms with Crippen molar-refractivity contribution in [3.05, 3.63) is 50.0 Å². The van der Waals surface area contributed by atoms with Crippen LogP contribution >= 0.6 is 39.1 Å². The fourth-order valence-corrected chi connectivity index (χ4v) is 2.57. The number of rotatable bonds is 3. The van der Waals surface area contributed by atoms with Crippen molar-refractivity contribution in [3.8, 4) is 5.75 Å². The minimum Gasteiger partial charge on any atom is -0.506 e. The maximum atomic E-state index is 12.5. The molecule has 1 heterocycles. The van der Waals surface area contributed by atoms with Crippen LogP contribution in [0.25, 0.3) is 0 Å². The van der Waals surface area contributed by atoms with E-state index in [0.717, 1.165) is 6.07 Å². The summed E-state index contributed by atoms with van der Waals surface area (Å²) in [5, 5.41) is 13.7. The Hall–Kier alpha value is -1.51. The Morgan fingerprint density at radius 1 is 1.26 bits per heavy atom. The fourth-order valence-electron chi connectivity index (χ4n) is 1.52. The van der Waals surface area contributed by atoms with E-state index in [1.165, 1.54) is 18.3 Å². The number of phenolic OH excluding ortho intramolecular Hbond substituents is 1. The number of aromatic hydroxyl groups is 1. The predicted octanol–water partition coefficient (Wildman–Crippen LogP) is 5.32. The Balaban J connectivity index is 2.18. The molecule has 0 spiro atoms. The maximum Gasteiger partial charge on any atom is 0.417 e. The van der Waals surface area contributed by atoms with E-state index in [4.69, 9.17) is 23.2 Å². The van der Waals surface area contributed by atoms with Crippen LogP contribution in [0.5, 0.6) is 5.75 Å². The maximum absolute atomic E-state index is 12.5. The molecule has 0 saturated carbocycles. The lowest BCUT2D eigenvalue weighted by Crippen LogP contribution is -2.06. The van der Waals surface area contributed by atoms with Gasteiger partial charge in [0.05, 0.1) is 21.3 Å². The number of nitrogens with one attached hydrogen (secondary N) is 1. The summed E-state index contributed by atoms with van der Waals surface area (Å²) in [7, 11) is 0. The summed E-state index contributed by atoms with van der Waals surface area (Å²) in [6.45, 7) is 0. The van der Waals surface area contributed by atoms with E-state index in [1.807, 2.05) is 0 Å². The van der Waals surface area contributed by atoms with Crippen LogP contribution in [0, 0.1) is 0 Å². The topological polar surface area (TPSA) is 57.5 Å². The van der Waals surface area contributed by atoms with Gasteiger partial charge in [-0.25, -0.2) is 4.98 Å². The first kappa shape index (κ1) is 17.8. The molecule has 2 N–H and O–H groups in total. The molecule has 1 aromatic heterocycles. The summed E-state index contributed by atoms with van der Waals surface area (Å²) in [6.07, 6.45) is -2.67. The number of phenols is 1. The molecule has 2 rings (SSSR count). The minimum absolute atomic E-state index is 0.0588. The van der Waals surface area contributed by atoms with E-state index in [9.17, 15) is 18.3 Å². The van der Waals surface area contributed by atoms with Gasteiger partial charge in [0, 0.05) is 16.8 Å². The summed E-state index contributed by atoms with van der Waals surface area (Å²) in [6, 6.07) is 3.68. The molecular formula is C13H7BrCl2F3N3O. The van der Waals surface area contributed by atoms with Crippen LogP contribution in [0.1, 0.15) is 11.1 Å². The van der Waals surface area contributed by atoms with Gasteiger partial charge in [-0.1, -0.05) is 23.2 Å². The molecule has 0 unspecified atom stereocenters. The second kappa shape index (κ2) is 6.94. The van der Waals surface area contributed by atoms with Crippen molar-refractivity contribution in [3.63, 3.8) is 0 Å². The van der Waals surface area contributed by atoms with Crippen LogP contribution in [0.15, 0.2) is 34.0 Å². The number of hydrazone groups is 1. The lowest BCUT2D eigenvalue weighted by molar-refractivity contribution is -0.137. The Morgan fingerprint density at radius 3 is 2.57 bits per heavy atom. The normalized spacial score (nSPS) is 11.9. The molecular weight excluding hydrogens is 422 g/mol. The highest BCUT2D eigenvalue weighted by Gasteiger charge is 2.31. The quantitative estimate of drug-likeness (QED) is 0.513. The number of halogens is 6. The Kier molecular flexibility index (Phi) is 5.38.